The molecule has 82 valence electrons. The number of hydrogen-bond donors (Lipinski definition) is 1. The average molecular weight is 222 g/mol. The second-order valence-corrected chi connectivity index (χ2v) is 5.24. The molecule has 1 unspecified atom stereocenters. The summed E-state index contributed by atoms with van der Waals surface area (Å²) in [6, 6.07) is 4.25. The van der Waals surface area contributed by atoms with Crippen molar-refractivity contribution >= 4 is 11.8 Å². The largest absolute Gasteiger partial charge is 0.316 e. The molecule has 1 aliphatic rings. The van der Waals surface area contributed by atoms with E-state index in [1.54, 1.807) is 0 Å². The van der Waals surface area contributed by atoms with Gasteiger partial charge in [0.05, 0.1) is 5.03 Å². The summed E-state index contributed by atoms with van der Waals surface area (Å²) in [7, 11) is 0. The smallest absolute Gasteiger partial charge is 0.0960 e. The van der Waals surface area contributed by atoms with Gasteiger partial charge in [-0.15, -0.1) is 11.8 Å². The minimum absolute atomic E-state index is 0.826. The molecule has 0 saturated carbocycles. The molecule has 0 amide bonds. The molecular weight excluding hydrogens is 204 g/mol. The maximum atomic E-state index is 4.41. The van der Waals surface area contributed by atoms with E-state index in [1.807, 2.05) is 18.0 Å². The van der Waals surface area contributed by atoms with E-state index in [9.17, 15) is 0 Å². The van der Waals surface area contributed by atoms with Gasteiger partial charge in [-0.3, -0.25) is 0 Å². The Balaban J connectivity index is 1.79. The highest BCUT2D eigenvalue weighted by Crippen LogP contribution is 2.22. The highest BCUT2D eigenvalue weighted by atomic mass is 32.2. The molecule has 1 atom stereocenters. The van der Waals surface area contributed by atoms with Gasteiger partial charge in [-0.05, 0) is 50.4 Å². The zero-order chi connectivity index (χ0) is 10.5. The number of rotatable bonds is 3. The van der Waals surface area contributed by atoms with Crippen molar-refractivity contribution in [3.63, 3.8) is 0 Å². The molecule has 0 radical (unpaired) electrons. The summed E-state index contributed by atoms with van der Waals surface area (Å²) in [6.45, 7) is 4.45. The SMILES string of the molecule is Cc1ccc(SCC2CCCNC2)nc1. The van der Waals surface area contributed by atoms with Crippen molar-refractivity contribution in [1.29, 1.82) is 0 Å². The van der Waals surface area contributed by atoms with Crippen LogP contribution in [0.15, 0.2) is 23.4 Å². The lowest BCUT2D eigenvalue weighted by atomic mass is 10.0. The van der Waals surface area contributed by atoms with Crippen molar-refractivity contribution < 1.29 is 0 Å². The van der Waals surface area contributed by atoms with E-state index in [1.165, 1.54) is 37.2 Å². The quantitative estimate of drug-likeness (QED) is 0.795. The average Bonchev–Trinajstić information content (AvgIpc) is 2.30. The number of nitrogens with one attached hydrogen (secondary N) is 1. The first-order valence-electron chi connectivity index (χ1n) is 5.61. The third-order valence-electron chi connectivity index (χ3n) is 2.75. The molecule has 15 heavy (non-hydrogen) atoms. The Kier molecular flexibility index (Phi) is 4.03. The standard InChI is InChI=1S/C12H18N2S/c1-10-4-5-12(14-7-10)15-9-11-3-2-6-13-8-11/h4-5,7,11,13H,2-3,6,8-9H2,1H3. The van der Waals surface area contributed by atoms with Crippen LogP contribution >= 0.6 is 11.8 Å². The minimum atomic E-state index is 0.826. The summed E-state index contributed by atoms with van der Waals surface area (Å²) in [5.74, 6) is 2.02. The van der Waals surface area contributed by atoms with Crippen molar-refractivity contribution in [2.75, 3.05) is 18.8 Å². The number of aromatic nitrogens is 1. The third-order valence-corrected chi connectivity index (χ3v) is 3.93. The van der Waals surface area contributed by atoms with Gasteiger partial charge in [-0.25, -0.2) is 4.98 Å². The van der Waals surface area contributed by atoms with E-state index in [-0.39, 0.29) is 0 Å². The lowest BCUT2D eigenvalue weighted by Gasteiger charge is -2.21. The first kappa shape index (κ1) is 11.0. The van der Waals surface area contributed by atoms with Crippen LogP contribution in [0.4, 0.5) is 0 Å². The summed E-state index contributed by atoms with van der Waals surface area (Å²) in [4.78, 5) is 4.41. The Hall–Kier alpha value is -0.540. The molecule has 2 rings (SSSR count). The van der Waals surface area contributed by atoms with Gasteiger partial charge in [0, 0.05) is 11.9 Å². The lowest BCUT2D eigenvalue weighted by Crippen LogP contribution is -2.30. The predicted octanol–water partition coefficient (Wildman–Crippen LogP) is 2.48. The highest BCUT2D eigenvalue weighted by molar-refractivity contribution is 7.99. The van der Waals surface area contributed by atoms with Gasteiger partial charge in [0.1, 0.15) is 0 Å². The van der Waals surface area contributed by atoms with Gasteiger partial charge >= 0.3 is 0 Å². The Bertz CT molecular complexity index is 291. The lowest BCUT2D eigenvalue weighted by molar-refractivity contribution is 0.410. The molecule has 1 fully saturated rings. The number of thioether (sulfide) groups is 1. The molecule has 1 aliphatic heterocycles. The van der Waals surface area contributed by atoms with Crippen LogP contribution in [-0.4, -0.2) is 23.8 Å². The number of hydrogen-bond acceptors (Lipinski definition) is 3. The van der Waals surface area contributed by atoms with E-state index in [0.717, 1.165) is 10.9 Å². The molecule has 3 heteroatoms. The molecule has 1 aromatic rings. The topological polar surface area (TPSA) is 24.9 Å². The van der Waals surface area contributed by atoms with E-state index in [2.05, 4.69) is 29.4 Å². The summed E-state index contributed by atoms with van der Waals surface area (Å²) in [5.41, 5.74) is 1.23. The first-order chi connectivity index (χ1) is 7.34. The summed E-state index contributed by atoms with van der Waals surface area (Å²) in [6.07, 6.45) is 4.64. The van der Waals surface area contributed by atoms with Crippen molar-refractivity contribution in [1.82, 2.24) is 10.3 Å². The van der Waals surface area contributed by atoms with Crippen LogP contribution in [0.3, 0.4) is 0 Å². The molecule has 2 nitrogen and oxygen atoms in total. The Labute approximate surface area is 95.9 Å². The van der Waals surface area contributed by atoms with Crippen LogP contribution < -0.4 is 5.32 Å². The van der Waals surface area contributed by atoms with Crippen LogP contribution in [0.25, 0.3) is 0 Å². The van der Waals surface area contributed by atoms with Crippen LogP contribution in [0.1, 0.15) is 18.4 Å². The van der Waals surface area contributed by atoms with Gasteiger partial charge in [0.2, 0.25) is 0 Å². The molecule has 1 N–H and O–H groups in total. The monoisotopic (exact) mass is 222 g/mol. The van der Waals surface area contributed by atoms with Gasteiger partial charge < -0.3 is 5.32 Å². The Morgan fingerprint density at radius 2 is 2.47 bits per heavy atom. The van der Waals surface area contributed by atoms with Gasteiger partial charge in [0.15, 0.2) is 0 Å². The fourth-order valence-electron chi connectivity index (χ4n) is 1.81. The van der Waals surface area contributed by atoms with Crippen LogP contribution in [-0.2, 0) is 0 Å². The number of pyridine rings is 1. The Morgan fingerprint density at radius 1 is 1.53 bits per heavy atom. The summed E-state index contributed by atoms with van der Waals surface area (Å²) in [5, 5.41) is 4.60. The van der Waals surface area contributed by atoms with E-state index >= 15 is 0 Å². The van der Waals surface area contributed by atoms with Crippen LogP contribution in [0.2, 0.25) is 0 Å². The van der Waals surface area contributed by atoms with Gasteiger partial charge in [-0.2, -0.15) is 0 Å². The second kappa shape index (κ2) is 5.52. The van der Waals surface area contributed by atoms with Gasteiger partial charge in [0.25, 0.3) is 0 Å². The molecule has 0 aromatic carbocycles. The maximum absolute atomic E-state index is 4.41. The minimum Gasteiger partial charge on any atom is -0.316 e. The summed E-state index contributed by atoms with van der Waals surface area (Å²) < 4.78 is 0. The summed E-state index contributed by atoms with van der Waals surface area (Å²) >= 11 is 1.88. The maximum Gasteiger partial charge on any atom is 0.0960 e. The van der Waals surface area contributed by atoms with E-state index < -0.39 is 0 Å². The second-order valence-electron chi connectivity index (χ2n) is 4.20. The molecular formula is C12H18N2S. The zero-order valence-electron chi connectivity index (χ0n) is 9.20. The highest BCUT2D eigenvalue weighted by Gasteiger charge is 2.12. The number of piperidine rings is 1. The molecule has 0 bridgehead atoms. The molecule has 1 saturated heterocycles. The fourth-order valence-corrected chi connectivity index (χ4v) is 2.79. The van der Waals surface area contributed by atoms with Crippen LogP contribution in [0.5, 0.6) is 0 Å². The van der Waals surface area contributed by atoms with Gasteiger partial charge in [-0.1, -0.05) is 6.07 Å². The first-order valence-corrected chi connectivity index (χ1v) is 6.59. The van der Waals surface area contributed by atoms with Crippen molar-refractivity contribution in [2.45, 2.75) is 24.8 Å². The van der Waals surface area contributed by atoms with Crippen LogP contribution in [0, 0.1) is 12.8 Å². The Morgan fingerprint density at radius 3 is 3.13 bits per heavy atom. The molecule has 0 aliphatic carbocycles. The zero-order valence-corrected chi connectivity index (χ0v) is 10.0. The van der Waals surface area contributed by atoms with Crippen molar-refractivity contribution in [3.05, 3.63) is 23.9 Å². The normalized spacial score (nSPS) is 21.5. The number of nitrogens with zero attached hydrogens (tertiary/aromatic N) is 1. The molecule has 0 spiro atoms. The predicted molar refractivity (Wildman–Crippen MR) is 65.3 cm³/mol. The molecule has 2 heterocycles. The van der Waals surface area contributed by atoms with E-state index in [4.69, 9.17) is 0 Å². The third kappa shape index (κ3) is 3.50. The fraction of sp³-hybridized carbons (Fsp3) is 0.583. The molecule has 1 aromatic heterocycles. The van der Waals surface area contributed by atoms with Crippen molar-refractivity contribution in [3.8, 4) is 0 Å². The van der Waals surface area contributed by atoms with E-state index in [0.29, 0.717) is 0 Å². The number of aryl methyl sites for hydroxylation is 1. The van der Waals surface area contributed by atoms with Crippen molar-refractivity contribution in [2.24, 2.45) is 5.92 Å².